The van der Waals surface area contributed by atoms with Crippen LogP contribution in [0.25, 0.3) is 0 Å². The zero-order valence-corrected chi connectivity index (χ0v) is 14.2. The van der Waals surface area contributed by atoms with Crippen molar-refractivity contribution in [1.82, 2.24) is 0 Å². The number of thioether (sulfide) groups is 1. The van der Waals surface area contributed by atoms with Crippen LogP contribution < -0.4 is 4.90 Å². The lowest BCUT2D eigenvalue weighted by Gasteiger charge is -2.25. The van der Waals surface area contributed by atoms with E-state index in [9.17, 15) is 5.11 Å². The van der Waals surface area contributed by atoms with E-state index in [0.29, 0.717) is 4.75 Å². The molecule has 1 saturated heterocycles. The molecule has 0 amide bonds. The van der Waals surface area contributed by atoms with Crippen molar-refractivity contribution in [3.63, 3.8) is 0 Å². The fourth-order valence-corrected chi connectivity index (χ4v) is 4.13. The normalized spacial score (nSPS) is 21.0. The van der Waals surface area contributed by atoms with Crippen molar-refractivity contribution in [3.8, 4) is 0 Å². The molecule has 0 spiro atoms. The van der Waals surface area contributed by atoms with Crippen molar-refractivity contribution in [2.75, 3.05) is 23.7 Å². The quantitative estimate of drug-likeness (QED) is 0.869. The van der Waals surface area contributed by atoms with Crippen molar-refractivity contribution in [2.45, 2.75) is 38.0 Å². The molecule has 0 bridgehead atoms. The second-order valence-corrected chi connectivity index (χ2v) is 8.38. The van der Waals surface area contributed by atoms with Crippen LogP contribution in [0.3, 0.4) is 0 Å². The summed E-state index contributed by atoms with van der Waals surface area (Å²) in [6.07, 6.45) is 0.773. The standard InChI is InChI=1S/C15H22BrNOS/c1-11(18)13-5-4-12(10-14(13)16)17-7-6-15(2,3)19-9-8-17/h4-5,10-11,18H,6-9H2,1-3H3. The van der Waals surface area contributed by atoms with E-state index >= 15 is 0 Å². The van der Waals surface area contributed by atoms with E-state index in [1.54, 1.807) is 6.92 Å². The third kappa shape index (κ3) is 3.89. The molecule has 1 unspecified atom stereocenters. The number of benzene rings is 1. The summed E-state index contributed by atoms with van der Waals surface area (Å²) >= 11 is 5.62. The molecule has 0 aromatic heterocycles. The van der Waals surface area contributed by atoms with Crippen LogP contribution in [0.2, 0.25) is 0 Å². The average molecular weight is 344 g/mol. The molecule has 2 nitrogen and oxygen atoms in total. The molecule has 106 valence electrons. The average Bonchev–Trinajstić information content (AvgIpc) is 2.49. The maximum absolute atomic E-state index is 9.67. The molecule has 1 atom stereocenters. The van der Waals surface area contributed by atoms with Gasteiger partial charge in [0.2, 0.25) is 0 Å². The Morgan fingerprint density at radius 3 is 2.74 bits per heavy atom. The molecule has 19 heavy (non-hydrogen) atoms. The first kappa shape index (κ1) is 15.2. The predicted molar refractivity (Wildman–Crippen MR) is 88.1 cm³/mol. The second kappa shape index (κ2) is 6.06. The molecule has 1 fully saturated rings. The molecule has 0 radical (unpaired) electrons. The summed E-state index contributed by atoms with van der Waals surface area (Å²) in [5.74, 6) is 1.17. The number of halogens is 1. The number of rotatable bonds is 2. The Morgan fingerprint density at radius 2 is 2.11 bits per heavy atom. The Kier molecular flexibility index (Phi) is 4.85. The van der Waals surface area contributed by atoms with Crippen molar-refractivity contribution >= 4 is 33.4 Å². The highest BCUT2D eigenvalue weighted by Crippen LogP contribution is 2.34. The van der Waals surface area contributed by atoms with Crippen LogP contribution in [0, 0.1) is 0 Å². The third-order valence-corrected chi connectivity index (χ3v) is 5.70. The van der Waals surface area contributed by atoms with Gasteiger partial charge in [-0.2, -0.15) is 11.8 Å². The van der Waals surface area contributed by atoms with Gasteiger partial charge in [0.05, 0.1) is 6.10 Å². The lowest BCUT2D eigenvalue weighted by atomic mass is 10.1. The molecule has 1 heterocycles. The van der Waals surface area contributed by atoms with Crippen LogP contribution in [0.1, 0.15) is 38.9 Å². The van der Waals surface area contributed by atoms with Crippen molar-refractivity contribution in [3.05, 3.63) is 28.2 Å². The molecule has 1 aliphatic heterocycles. The van der Waals surface area contributed by atoms with Crippen LogP contribution in [-0.4, -0.2) is 28.7 Å². The van der Waals surface area contributed by atoms with Gasteiger partial charge in [0.1, 0.15) is 0 Å². The first-order valence-electron chi connectivity index (χ1n) is 6.75. The molecule has 4 heteroatoms. The minimum Gasteiger partial charge on any atom is -0.389 e. The summed E-state index contributed by atoms with van der Waals surface area (Å²) in [4.78, 5) is 2.44. The molecule has 1 aliphatic rings. The van der Waals surface area contributed by atoms with E-state index in [-0.39, 0.29) is 0 Å². The fraction of sp³-hybridized carbons (Fsp3) is 0.600. The SMILES string of the molecule is CC(O)c1ccc(N2CCSC(C)(C)CC2)cc1Br. The van der Waals surface area contributed by atoms with E-state index in [1.807, 2.05) is 6.07 Å². The Bertz CT molecular complexity index is 448. The number of hydrogen-bond donors (Lipinski definition) is 1. The van der Waals surface area contributed by atoms with Gasteiger partial charge < -0.3 is 10.0 Å². The van der Waals surface area contributed by atoms with Gasteiger partial charge in [0.25, 0.3) is 0 Å². The summed E-state index contributed by atoms with van der Waals surface area (Å²) in [6.45, 7) is 8.64. The highest BCUT2D eigenvalue weighted by molar-refractivity contribution is 9.10. The first-order chi connectivity index (χ1) is 8.89. The number of aliphatic hydroxyl groups is 1. The molecule has 2 rings (SSSR count). The van der Waals surface area contributed by atoms with E-state index in [0.717, 1.165) is 23.1 Å². The van der Waals surface area contributed by atoms with Crippen LogP contribution >= 0.6 is 27.7 Å². The Hall–Kier alpha value is -0.190. The second-order valence-electron chi connectivity index (χ2n) is 5.73. The summed E-state index contributed by atoms with van der Waals surface area (Å²) in [7, 11) is 0. The topological polar surface area (TPSA) is 23.5 Å². The summed E-state index contributed by atoms with van der Waals surface area (Å²) in [5.41, 5.74) is 2.20. The Labute approximate surface area is 128 Å². The van der Waals surface area contributed by atoms with E-state index < -0.39 is 6.10 Å². The predicted octanol–water partition coefficient (Wildman–Crippen LogP) is 4.22. The van der Waals surface area contributed by atoms with E-state index in [1.165, 1.54) is 17.9 Å². The zero-order chi connectivity index (χ0) is 14.0. The summed E-state index contributed by atoms with van der Waals surface area (Å²) < 4.78 is 1.38. The Balaban J connectivity index is 2.16. The van der Waals surface area contributed by atoms with Crippen molar-refractivity contribution < 1.29 is 5.11 Å². The van der Waals surface area contributed by atoms with Gasteiger partial charge in [-0.15, -0.1) is 0 Å². The molecule has 1 aromatic rings. The molecular weight excluding hydrogens is 322 g/mol. The van der Waals surface area contributed by atoms with Crippen LogP contribution in [-0.2, 0) is 0 Å². The lowest BCUT2D eigenvalue weighted by molar-refractivity contribution is 0.198. The number of hydrogen-bond acceptors (Lipinski definition) is 3. The number of nitrogens with zero attached hydrogens (tertiary/aromatic N) is 1. The van der Waals surface area contributed by atoms with Crippen molar-refractivity contribution in [2.24, 2.45) is 0 Å². The zero-order valence-electron chi connectivity index (χ0n) is 11.8. The van der Waals surface area contributed by atoms with Crippen LogP contribution in [0.4, 0.5) is 5.69 Å². The van der Waals surface area contributed by atoms with Crippen molar-refractivity contribution in [1.29, 1.82) is 0 Å². The van der Waals surface area contributed by atoms with Crippen LogP contribution in [0.15, 0.2) is 22.7 Å². The fourth-order valence-electron chi connectivity index (χ4n) is 2.33. The van der Waals surface area contributed by atoms with Gasteiger partial charge in [-0.3, -0.25) is 0 Å². The van der Waals surface area contributed by atoms with Gasteiger partial charge in [0.15, 0.2) is 0 Å². The molecular formula is C15H22BrNOS. The molecule has 1 aromatic carbocycles. The maximum Gasteiger partial charge on any atom is 0.0772 e. The van der Waals surface area contributed by atoms with Gasteiger partial charge in [-0.25, -0.2) is 0 Å². The van der Waals surface area contributed by atoms with Crippen LogP contribution in [0.5, 0.6) is 0 Å². The number of aliphatic hydroxyl groups excluding tert-OH is 1. The highest BCUT2D eigenvalue weighted by Gasteiger charge is 2.24. The maximum atomic E-state index is 9.67. The van der Waals surface area contributed by atoms with Gasteiger partial charge in [-0.1, -0.05) is 35.8 Å². The third-order valence-electron chi connectivity index (χ3n) is 3.64. The smallest absolute Gasteiger partial charge is 0.0772 e. The Morgan fingerprint density at radius 1 is 1.37 bits per heavy atom. The lowest BCUT2D eigenvalue weighted by Crippen LogP contribution is -2.26. The summed E-state index contributed by atoms with van der Waals surface area (Å²) in [5, 5.41) is 9.67. The molecule has 0 saturated carbocycles. The van der Waals surface area contributed by atoms with Gasteiger partial charge in [-0.05, 0) is 31.0 Å². The van der Waals surface area contributed by atoms with E-state index in [2.05, 4.69) is 58.6 Å². The van der Waals surface area contributed by atoms with Gasteiger partial charge >= 0.3 is 0 Å². The number of anilines is 1. The van der Waals surface area contributed by atoms with E-state index in [4.69, 9.17) is 0 Å². The summed E-state index contributed by atoms with van der Waals surface area (Å²) in [6, 6.07) is 6.27. The highest BCUT2D eigenvalue weighted by atomic mass is 79.9. The molecule has 1 N–H and O–H groups in total. The molecule has 0 aliphatic carbocycles. The first-order valence-corrected chi connectivity index (χ1v) is 8.53. The van der Waals surface area contributed by atoms with Gasteiger partial charge in [0, 0.05) is 33.7 Å². The minimum absolute atomic E-state index is 0.380. The largest absolute Gasteiger partial charge is 0.389 e. The minimum atomic E-state index is -0.429. The monoisotopic (exact) mass is 343 g/mol.